The predicted octanol–water partition coefficient (Wildman–Crippen LogP) is 4.53. The highest BCUT2D eigenvalue weighted by Crippen LogP contribution is 2.25. The minimum atomic E-state index is 0.0511. The Labute approximate surface area is 129 Å². The van der Waals surface area contributed by atoms with Crippen LogP contribution in [0.15, 0.2) is 16.8 Å². The van der Waals surface area contributed by atoms with Crippen LogP contribution in [-0.2, 0) is 11.8 Å². The summed E-state index contributed by atoms with van der Waals surface area (Å²) in [5.41, 5.74) is 1.92. The van der Waals surface area contributed by atoms with Gasteiger partial charge in [-0.3, -0.25) is 4.79 Å². The van der Waals surface area contributed by atoms with Crippen LogP contribution in [0.25, 0.3) is 0 Å². The fourth-order valence-corrected chi connectivity index (χ4v) is 3.80. The number of hydrogen-bond acceptors (Lipinski definition) is 4. The van der Waals surface area contributed by atoms with E-state index in [1.165, 1.54) is 0 Å². The molecule has 0 unspecified atom stereocenters. The van der Waals surface area contributed by atoms with E-state index in [1.807, 2.05) is 11.4 Å². The van der Waals surface area contributed by atoms with Crippen LogP contribution in [-0.4, -0.2) is 10.8 Å². The SMILES string of the molecule is CC(C)(C)c1csc(CC(=O)c2csc(I)c2)n1. The summed E-state index contributed by atoms with van der Waals surface area (Å²) in [5.74, 6) is 0.156. The summed E-state index contributed by atoms with van der Waals surface area (Å²) in [4.78, 5) is 16.6. The van der Waals surface area contributed by atoms with Crippen molar-refractivity contribution in [3.8, 4) is 0 Å². The average Bonchev–Trinajstić information content (AvgIpc) is 2.85. The Kier molecular flexibility index (Phi) is 4.23. The van der Waals surface area contributed by atoms with Gasteiger partial charge in [-0.2, -0.15) is 0 Å². The van der Waals surface area contributed by atoms with Gasteiger partial charge in [-0.15, -0.1) is 22.7 Å². The van der Waals surface area contributed by atoms with Gasteiger partial charge in [0.2, 0.25) is 0 Å². The number of ketones is 1. The molecule has 0 bridgehead atoms. The van der Waals surface area contributed by atoms with E-state index < -0.39 is 0 Å². The van der Waals surface area contributed by atoms with Crippen LogP contribution in [0.3, 0.4) is 0 Å². The summed E-state index contributed by atoms with van der Waals surface area (Å²) in [6.45, 7) is 6.40. The van der Waals surface area contributed by atoms with Crippen molar-refractivity contribution < 1.29 is 4.79 Å². The number of hydrogen-bond donors (Lipinski definition) is 0. The van der Waals surface area contributed by atoms with Crippen molar-refractivity contribution in [1.82, 2.24) is 4.98 Å². The maximum Gasteiger partial charge on any atom is 0.170 e. The Balaban J connectivity index is 2.10. The number of carbonyl (C=O) groups excluding carboxylic acids is 1. The molecular weight excluding hydrogens is 377 g/mol. The van der Waals surface area contributed by atoms with E-state index in [1.54, 1.807) is 22.7 Å². The first-order chi connectivity index (χ1) is 8.36. The molecule has 2 aromatic heterocycles. The van der Waals surface area contributed by atoms with Crippen molar-refractivity contribution in [2.24, 2.45) is 0 Å². The Morgan fingerprint density at radius 1 is 1.33 bits per heavy atom. The third-order valence-corrected chi connectivity index (χ3v) is 5.16. The normalized spacial score (nSPS) is 11.8. The molecule has 2 heterocycles. The highest BCUT2D eigenvalue weighted by molar-refractivity contribution is 14.1. The third kappa shape index (κ3) is 3.39. The molecule has 0 aliphatic heterocycles. The van der Waals surface area contributed by atoms with Gasteiger partial charge in [0.15, 0.2) is 5.78 Å². The number of thiophene rings is 1. The second-order valence-electron chi connectivity index (χ2n) is 5.12. The van der Waals surface area contributed by atoms with Crippen molar-refractivity contribution in [3.05, 3.63) is 36.0 Å². The highest BCUT2D eigenvalue weighted by Gasteiger charge is 2.18. The molecule has 0 aliphatic rings. The fraction of sp³-hybridized carbons (Fsp3) is 0.385. The van der Waals surface area contributed by atoms with Gasteiger partial charge in [0.25, 0.3) is 0 Å². The lowest BCUT2D eigenvalue weighted by atomic mass is 9.93. The molecule has 18 heavy (non-hydrogen) atoms. The molecule has 5 heteroatoms. The number of aromatic nitrogens is 1. The van der Waals surface area contributed by atoms with Crippen molar-refractivity contribution >= 4 is 51.0 Å². The summed E-state index contributed by atoms with van der Waals surface area (Å²) < 4.78 is 1.14. The summed E-state index contributed by atoms with van der Waals surface area (Å²) in [5, 5.41) is 4.88. The Morgan fingerprint density at radius 3 is 2.56 bits per heavy atom. The number of thiazole rings is 1. The van der Waals surface area contributed by atoms with Crippen LogP contribution in [0, 0.1) is 2.88 Å². The average molecular weight is 391 g/mol. The Hall–Kier alpha value is -0.270. The van der Waals surface area contributed by atoms with E-state index in [9.17, 15) is 4.79 Å². The third-order valence-electron chi connectivity index (χ3n) is 2.52. The molecule has 0 aliphatic carbocycles. The molecule has 0 fully saturated rings. The molecule has 0 aromatic carbocycles. The smallest absolute Gasteiger partial charge is 0.170 e. The van der Waals surface area contributed by atoms with Gasteiger partial charge in [-0.25, -0.2) is 4.98 Å². The minimum absolute atomic E-state index is 0.0511. The highest BCUT2D eigenvalue weighted by atomic mass is 127. The number of Topliss-reactive ketones (excluding diaryl/α,β-unsaturated/α-hetero) is 1. The molecule has 0 amide bonds. The Bertz CT molecular complexity index is 566. The van der Waals surface area contributed by atoms with Gasteiger partial charge in [0, 0.05) is 21.7 Å². The number of halogens is 1. The van der Waals surface area contributed by atoms with Crippen molar-refractivity contribution in [1.29, 1.82) is 0 Å². The lowest BCUT2D eigenvalue weighted by Crippen LogP contribution is -2.12. The second-order valence-corrected chi connectivity index (χ2v) is 8.86. The molecule has 2 nitrogen and oxygen atoms in total. The van der Waals surface area contributed by atoms with E-state index in [2.05, 4.69) is 53.7 Å². The van der Waals surface area contributed by atoms with Crippen molar-refractivity contribution in [2.75, 3.05) is 0 Å². The molecular formula is C13H14INOS2. The lowest BCUT2D eigenvalue weighted by Gasteiger charge is -2.14. The lowest BCUT2D eigenvalue weighted by molar-refractivity contribution is 0.0993. The summed E-state index contributed by atoms with van der Waals surface area (Å²) in [6, 6.07) is 1.94. The first-order valence-corrected chi connectivity index (χ1v) is 8.42. The quantitative estimate of drug-likeness (QED) is 0.568. The molecule has 0 saturated carbocycles. The zero-order valence-corrected chi connectivity index (χ0v) is 14.3. The number of carbonyl (C=O) groups is 1. The molecule has 0 spiro atoms. The predicted molar refractivity (Wildman–Crippen MR) is 85.9 cm³/mol. The molecule has 0 saturated heterocycles. The summed E-state index contributed by atoms with van der Waals surface area (Å²) in [6.07, 6.45) is 0.410. The maximum atomic E-state index is 12.1. The Morgan fingerprint density at radius 2 is 2.06 bits per heavy atom. The van der Waals surface area contributed by atoms with E-state index in [4.69, 9.17) is 0 Å². The fourth-order valence-electron chi connectivity index (χ4n) is 1.43. The molecule has 2 rings (SSSR count). The monoisotopic (exact) mass is 391 g/mol. The minimum Gasteiger partial charge on any atom is -0.294 e. The first kappa shape index (κ1) is 14.1. The van der Waals surface area contributed by atoms with Crippen LogP contribution in [0.1, 0.15) is 41.8 Å². The van der Waals surface area contributed by atoms with Crippen molar-refractivity contribution in [3.63, 3.8) is 0 Å². The number of rotatable bonds is 3. The van der Waals surface area contributed by atoms with Gasteiger partial charge in [-0.1, -0.05) is 20.8 Å². The van der Waals surface area contributed by atoms with Crippen LogP contribution in [0.2, 0.25) is 0 Å². The standard InChI is InChI=1S/C13H14INOS2/c1-13(2,3)10-7-18-12(15-10)5-9(16)8-4-11(14)17-6-8/h4,6-7H,5H2,1-3H3. The number of nitrogens with zero attached hydrogens (tertiary/aromatic N) is 1. The molecule has 2 aromatic rings. The van der Waals surface area contributed by atoms with E-state index in [-0.39, 0.29) is 11.2 Å². The van der Waals surface area contributed by atoms with Gasteiger partial charge in [-0.05, 0) is 28.7 Å². The summed E-state index contributed by atoms with van der Waals surface area (Å²) >= 11 is 5.41. The van der Waals surface area contributed by atoms with Gasteiger partial charge in [0.1, 0.15) is 5.01 Å². The zero-order chi connectivity index (χ0) is 13.3. The summed E-state index contributed by atoms with van der Waals surface area (Å²) in [7, 11) is 0. The van der Waals surface area contributed by atoms with Crippen LogP contribution < -0.4 is 0 Å². The van der Waals surface area contributed by atoms with Gasteiger partial charge < -0.3 is 0 Å². The van der Waals surface area contributed by atoms with E-state index in [0.29, 0.717) is 6.42 Å². The molecule has 96 valence electrons. The molecule has 0 atom stereocenters. The van der Waals surface area contributed by atoms with E-state index >= 15 is 0 Å². The second kappa shape index (κ2) is 5.38. The first-order valence-electron chi connectivity index (χ1n) is 5.58. The largest absolute Gasteiger partial charge is 0.294 e. The van der Waals surface area contributed by atoms with Crippen LogP contribution in [0.5, 0.6) is 0 Å². The van der Waals surface area contributed by atoms with Gasteiger partial charge >= 0.3 is 0 Å². The zero-order valence-electron chi connectivity index (χ0n) is 10.5. The van der Waals surface area contributed by atoms with Crippen LogP contribution >= 0.6 is 45.3 Å². The topological polar surface area (TPSA) is 30.0 Å². The van der Waals surface area contributed by atoms with Gasteiger partial charge in [0.05, 0.1) is 15.0 Å². The van der Waals surface area contributed by atoms with E-state index in [0.717, 1.165) is 19.1 Å². The molecule has 0 N–H and O–H groups in total. The molecule has 0 radical (unpaired) electrons. The van der Waals surface area contributed by atoms with Crippen molar-refractivity contribution in [2.45, 2.75) is 32.6 Å². The maximum absolute atomic E-state index is 12.1. The van der Waals surface area contributed by atoms with Crippen LogP contribution in [0.4, 0.5) is 0 Å².